The molecule has 1 aromatic heterocycles. The van der Waals surface area contributed by atoms with E-state index < -0.39 is 0 Å². The number of allylic oxidation sites excluding steroid dienone is 1. The Morgan fingerprint density at radius 1 is 1.31 bits per heavy atom. The molecule has 1 aliphatic heterocycles. The standard InChI is InChI=1S/C26H37N7O2S/c1-4-7-17(25(35)18-8-5-9-21-24(18)19(15-27)26(29)36-21)20(28)16-31-22(14-23(34)30-2)33-11-6-10-32(3)12-13-33/h14,18,28,34-35H,2,4-13,16,29H2,1,3H3/b23-14+,25-17-,28-20?,31-22+/t18-/m0/s1. The zero-order valence-corrected chi connectivity index (χ0v) is 22.1. The van der Waals surface area contributed by atoms with Crippen molar-refractivity contribution < 1.29 is 10.2 Å². The van der Waals surface area contributed by atoms with Crippen molar-refractivity contribution in [3.05, 3.63) is 39.3 Å². The van der Waals surface area contributed by atoms with Gasteiger partial charge in [0, 0.05) is 42.1 Å². The van der Waals surface area contributed by atoms with Crippen molar-refractivity contribution in [2.24, 2.45) is 9.98 Å². The van der Waals surface area contributed by atoms with Gasteiger partial charge in [-0.05, 0) is 58.0 Å². The van der Waals surface area contributed by atoms with E-state index in [-0.39, 0.29) is 29.8 Å². The van der Waals surface area contributed by atoms with Gasteiger partial charge in [-0.15, -0.1) is 11.3 Å². The number of nitriles is 1. The summed E-state index contributed by atoms with van der Waals surface area (Å²) in [6.07, 6.45) is 6.18. The highest BCUT2D eigenvalue weighted by molar-refractivity contribution is 7.16. The average Bonchev–Trinajstić information content (AvgIpc) is 3.05. The fraction of sp³-hybridized carbons (Fsp3) is 0.538. The van der Waals surface area contributed by atoms with Crippen LogP contribution in [0.2, 0.25) is 0 Å². The monoisotopic (exact) mass is 511 g/mol. The number of aliphatic imine (C=N–C) groups is 2. The van der Waals surface area contributed by atoms with E-state index in [1.807, 2.05) is 6.92 Å². The summed E-state index contributed by atoms with van der Waals surface area (Å²) < 4.78 is 0. The second-order valence-electron chi connectivity index (χ2n) is 9.31. The topological polar surface area (TPSA) is 145 Å². The van der Waals surface area contributed by atoms with Crippen LogP contribution in [0.1, 0.15) is 60.9 Å². The molecular weight excluding hydrogens is 474 g/mol. The Balaban J connectivity index is 1.93. The molecule has 36 heavy (non-hydrogen) atoms. The number of rotatable bonds is 8. The maximum absolute atomic E-state index is 11.4. The summed E-state index contributed by atoms with van der Waals surface area (Å²) in [5, 5.41) is 40.5. The Morgan fingerprint density at radius 3 is 2.78 bits per heavy atom. The molecular formula is C26H37N7O2S. The number of likely N-dealkylation sites (N-methyl/N-ethyl adjacent to an activating group) is 1. The zero-order chi connectivity index (χ0) is 26.2. The number of fused-ring (bicyclic) bond motifs is 1. The van der Waals surface area contributed by atoms with E-state index in [0.29, 0.717) is 34.8 Å². The van der Waals surface area contributed by atoms with Gasteiger partial charge in [-0.25, -0.2) is 4.99 Å². The second kappa shape index (κ2) is 12.7. The van der Waals surface area contributed by atoms with E-state index in [2.05, 4.69) is 39.6 Å². The van der Waals surface area contributed by atoms with E-state index in [1.165, 1.54) is 17.4 Å². The smallest absolute Gasteiger partial charge is 0.213 e. The summed E-state index contributed by atoms with van der Waals surface area (Å²) in [4.78, 5) is 13.7. The number of nitrogen functional groups attached to an aromatic ring is 1. The highest BCUT2D eigenvalue weighted by Gasteiger charge is 2.32. The number of nitrogens with zero attached hydrogens (tertiary/aromatic N) is 5. The second-order valence-corrected chi connectivity index (χ2v) is 10.4. The van der Waals surface area contributed by atoms with Crippen LogP contribution in [0, 0.1) is 16.7 Å². The number of nitrogens with one attached hydrogen (secondary N) is 1. The Bertz CT molecular complexity index is 1110. The lowest BCUT2D eigenvalue weighted by atomic mass is 9.81. The van der Waals surface area contributed by atoms with Crippen LogP contribution >= 0.6 is 11.3 Å². The van der Waals surface area contributed by atoms with Crippen molar-refractivity contribution in [1.82, 2.24) is 9.80 Å². The zero-order valence-electron chi connectivity index (χ0n) is 21.3. The lowest BCUT2D eigenvalue weighted by Gasteiger charge is -2.25. The molecule has 0 spiro atoms. The van der Waals surface area contributed by atoms with Gasteiger partial charge in [0.05, 0.1) is 17.8 Å². The van der Waals surface area contributed by atoms with Crippen molar-refractivity contribution in [3.8, 4) is 6.07 Å². The fourth-order valence-electron chi connectivity index (χ4n) is 4.89. The van der Waals surface area contributed by atoms with Crippen LogP contribution in [0.4, 0.5) is 5.00 Å². The van der Waals surface area contributed by atoms with Gasteiger partial charge in [-0.1, -0.05) is 13.3 Å². The maximum atomic E-state index is 11.4. The Hall–Kier alpha value is -3.16. The predicted molar refractivity (Wildman–Crippen MR) is 148 cm³/mol. The molecule has 1 aromatic rings. The van der Waals surface area contributed by atoms with Gasteiger partial charge in [0.25, 0.3) is 0 Å². The molecule has 10 heteroatoms. The van der Waals surface area contributed by atoms with Crippen LogP contribution in [-0.2, 0) is 6.42 Å². The van der Waals surface area contributed by atoms with Gasteiger partial charge < -0.3 is 31.2 Å². The quantitative estimate of drug-likeness (QED) is 0.231. The molecule has 1 atom stereocenters. The third-order valence-electron chi connectivity index (χ3n) is 6.77. The first-order chi connectivity index (χ1) is 17.3. The van der Waals surface area contributed by atoms with Crippen molar-refractivity contribution in [1.29, 1.82) is 10.7 Å². The van der Waals surface area contributed by atoms with Crippen LogP contribution in [0.5, 0.6) is 0 Å². The fourth-order valence-corrected chi connectivity index (χ4v) is 6.01. The number of aliphatic hydroxyl groups excluding tert-OH is 2. The number of aliphatic hydroxyl groups is 2. The van der Waals surface area contributed by atoms with Gasteiger partial charge in [0.1, 0.15) is 22.7 Å². The normalized spacial score (nSPS) is 20.2. The first kappa shape index (κ1) is 27.4. The van der Waals surface area contributed by atoms with E-state index in [9.17, 15) is 15.5 Å². The molecule has 1 aliphatic carbocycles. The number of nitrogens with two attached hydrogens (primary N) is 1. The van der Waals surface area contributed by atoms with E-state index in [1.54, 1.807) is 0 Å². The van der Waals surface area contributed by atoms with Crippen LogP contribution < -0.4 is 5.73 Å². The van der Waals surface area contributed by atoms with Gasteiger partial charge in [-0.2, -0.15) is 5.26 Å². The summed E-state index contributed by atoms with van der Waals surface area (Å²) in [5.74, 6) is 0.139. The predicted octanol–water partition coefficient (Wildman–Crippen LogP) is 4.39. The van der Waals surface area contributed by atoms with Crippen LogP contribution in [0.3, 0.4) is 0 Å². The first-order valence-electron chi connectivity index (χ1n) is 12.5. The average molecular weight is 512 g/mol. The third-order valence-corrected chi connectivity index (χ3v) is 7.87. The molecule has 1 saturated heterocycles. The molecule has 0 saturated carbocycles. The number of anilines is 1. The van der Waals surface area contributed by atoms with Gasteiger partial charge in [0.15, 0.2) is 0 Å². The molecule has 0 unspecified atom stereocenters. The molecule has 0 bridgehead atoms. The number of thiophene rings is 1. The summed E-state index contributed by atoms with van der Waals surface area (Å²) in [5.41, 5.74) is 8.18. The lowest BCUT2D eigenvalue weighted by molar-refractivity contribution is 0.345. The van der Waals surface area contributed by atoms with E-state index in [4.69, 9.17) is 11.1 Å². The molecule has 2 aliphatic rings. The number of aryl methyl sites for hydroxylation is 1. The van der Waals surface area contributed by atoms with Crippen molar-refractivity contribution in [2.75, 3.05) is 45.5 Å². The highest BCUT2D eigenvalue weighted by Crippen LogP contribution is 2.45. The van der Waals surface area contributed by atoms with Crippen molar-refractivity contribution >= 4 is 34.6 Å². The third kappa shape index (κ3) is 6.33. The van der Waals surface area contributed by atoms with Crippen molar-refractivity contribution in [3.63, 3.8) is 0 Å². The minimum absolute atomic E-state index is 0.0540. The molecule has 194 valence electrons. The van der Waals surface area contributed by atoms with Crippen LogP contribution in [-0.4, -0.2) is 78.0 Å². The van der Waals surface area contributed by atoms with E-state index in [0.717, 1.165) is 62.3 Å². The lowest BCUT2D eigenvalue weighted by Crippen LogP contribution is -2.34. The summed E-state index contributed by atoms with van der Waals surface area (Å²) in [6, 6.07) is 2.22. The number of amidine groups is 1. The molecule has 0 amide bonds. The number of hydrogen-bond donors (Lipinski definition) is 4. The van der Waals surface area contributed by atoms with Crippen LogP contribution in [0.25, 0.3) is 0 Å². The molecule has 0 aromatic carbocycles. The number of hydrogen-bond acceptors (Lipinski definition) is 9. The first-order valence-corrected chi connectivity index (χ1v) is 13.3. The van der Waals surface area contributed by atoms with Gasteiger partial charge in [0.2, 0.25) is 5.88 Å². The Morgan fingerprint density at radius 2 is 2.08 bits per heavy atom. The Labute approximate surface area is 217 Å². The minimum Gasteiger partial charge on any atom is -0.511 e. The van der Waals surface area contributed by atoms with Gasteiger partial charge >= 0.3 is 0 Å². The summed E-state index contributed by atoms with van der Waals surface area (Å²) in [7, 11) is 2.08. The maximum Gasteiger partial charge on any atom is 0.213 e. The van der Waals surface area contributed by atoms with Crippen molar-refractivity contribution in [2.45, 2.75) is 51.4 Å². The largest absolute Gasteiger partial charge is 0.511 e. The Kier molecular flexibility index (Phi) is 9.67. The van der Waals surface area contributed by atoms with E-state index >= 15 is 0 Å². The molecule has 3 rings (SSSR count). The molecule has 0 radical (unpaired) electrons. The molecule has 1 fully saturated rings. The SMILES string of the molecule is C=N/C(O)=C\C(=N/CC(=N)/C(CCC)=C(\O)[C@H]1CCCc2sc(N)c(C#N)c21)N1CCCN(C)CC1. The highest BCUT2D eigenvalue weighted by atomic mass is 32.1. The summed E-state index contributed by atoms with van der Waals surface area (Å²) in [6.45, 7) is 8.81. The molecule has 9 nitrogen and oxygen atoms in total. The molecule has 2 heterocycles. The van der Waals surface area contributed by atoms with Gasteiger partial charge in [-0.3, -0.25) is 4.99 Å². The molecule has 5 N–H and O–H groups in total. The van der Waals surface area contributed by atoms with Crippen LogP contribution in [0.15, 0.2) is 33.3 Å². The summed E-state index contributed by atoms with van der Waals surface area (Å²) >= 11 is 1.43. The minimum atomic E-state index is -0.336.